The highest BCUT2D eigenvalue weighted by atomic mass is 31.3. The molecular formula is C21H4BF14PSi. The van der Waals surface area contributed by atoms with Crippen LogP contribution in [0.3, 0.4) is 0 Å². The van der Waals surface area contributed by atoms with Gasteiger partial charge in [-0.1, -0.05) is 11.5 Å². The third-order valence-electron chi connectivity index (χ3n) is 5.00. The van der Waals surface area contributed by atoms with Gasteiger partial charge in [-0.15, -0.1) is 15.0 Å². The molecule has 0 saturated carbocycles. The Morgan fingerprint density at radius 2 is 0.684 bits per heavy atom. The summed E-state index contributed by atoms with van der Waals surface area (Å²) in [6, 6.07) is 0. The van der Waals surface area contributed by atoms with E-state index in [2.05, 4.69) is 11.7 Å². The summed E-state index contributed by atoms with van der Waals surface area (Å²) < 4.78 is 201. The highest BCUT2D eigenvalue weighted by molar-refractivity contribution is 7.63. The number of halogens is 14. The molecule has 3 rings (SSSR count). The molecule has 198 valence electrons. The van der Waals surface area contributed by atoms with E-state index in [1.165, 1.54) is 0 Å². The average Bonchev–Trinajstić information content (AvgIpc) is 2.87. The van der Waals surface area contributed by atoms with Crippen LogP contribution in [0.2, 0.25) is 0 Å². The Bertz CT molecular complexity index is 1450. The van der Waals surface area contributed by atoms with Crippen molar-refractivity contribution in [1.82, 2.24) is 0 Å². The summed E-state index contributed by atoms with van der Waals surface area (Å²) in [5, 5.41) is 0. The van der Waals surface area contributed by atoms with E-state index < -0.39 is 118 Å². The first kappa shape index (κ1) is 29.4. The number of rotatable bonds is 3. The Morgan fingerprint density at radius 1 is 0.447 bits per heavy atom. The Balaban J connectivity index is 2.66. The van der Waals surface area contributed by atoms with Crippen LogP contribution in [-0.4, -0.2) is 21.0 Å². The number of hydrogen-bond acceptors (Lipinski definition) is 0. The van der Waals surface area contributed by atoms with Crippen molar-refractivity contribution in [2.75, 3.05) is 0 Å². The predicted octanol–water partition coefficient (Wildman–Crippen LogP) is 3.92. The summed E-state index contributed by atoms with van der Waals surface area (Å²) >= 11 is 0. The Kier molecular flexibility index (Phi) is 8.14. The van der Waals surface area contributed by atoms with Gasteiger partial charge in [0.2, 0.25) is 0 Å². The maximum absolute atomic E-state index is 15.1. The standard InChI is InChI=1S/C21H4BF14PSi/c1-38(37)3-2-4-8(23)10(25)5(11(26)9(4)24)22(6-12(27)16(31)20(35)17(32)13(6)28)7-14(29)18(33)21(36)19(34)15(7)30/h1,37H2. The van der Waals surface area contributed by atoms with E-state index in [9.17, 15) is 52.7 Å². The second kappa shape index (κ2) is 10.5. The highest BCUT2D eigenvalue weighted by Gasteiger charge is 2.45. The van der Waals surface area contributed by atoms with Gasteiger partial charge < -0.3 is 0 Å². The van der Waals surface area contributed by atoms with Gasteiger partial charge >= 0.3 is 0 Å². The third kappa shape index (κ3) is 4.51. The molecule has 0 N–H and O–H groups in total. The third-order valence-corrected chi connectivity index (χ3v) is 5.88. The molecule has 0 aliphatic carbocycles. The van der Waals surface area contributed by atoms with Crippen LogP contribution in [0, 0.1) is 92.9 Å². The molecule has 3 aromatic carbocycles. The first-order valence-corrected chi connectivity index (χ1v) is 12.9. The molecule has 0 saturated heterocycles. The fourth-order valence-electron chi connectivity index (χ4n) is 3.34. The summed E-state index contributed by atoms with van der Waals surface area (Å²) in [6.07, 6.45) is 3.36. The molecule has 0 aliphatic rings. The Morgan fingerprint density at radius 3 is 0.947 bits per heavy atom. The lowest BCUT2D eigenvalue weighted by Gasteiger charge is -2.21. The van der Waals surface area contributed by atoms with Gasteiger partial charge in [0.1, 0.15) is 13.6 Å². The first-order chi connectivity index (χ1) is 17.6. The van der Waals surface area contributed by atoms with Crippen LogP contribution in [0.15, 0.2) is 0 Å². The fraction of sp³-hybridized carbons (Fsp3) is 0. The summed E-state index contributed by atoms with van der Waals surface area (Å²) in [5.41, 5.74) is -7.31. The largest absolute Gasteiger partial charge is 0.265 e. The van der Waals surface area contributed by atoms with Crippen LogP contribution >= 0.6 is 8.79 Å². The highest BCUT2D eigenvalue weighted by Crippen LogP contribution is 2.24. The molecule has 38 heavy (non-hydrogen) atoms. The van der Waals surface area contributed by atoms with Gasteiger partial charge in [-0.2, -0.15) is 0 Å². The van der Waals surface area contributed by atoms with Crippen molar-refractivity contribution in [3.63, 3.8) is 0 Å². The topological polar surface area (TPSA) is 0 Å². The molecule has 3 aromatic rings. The first-order valence-electron chi connectivity index (χ1n) is 9.40. The van der Waals surface area contributed by atoms with Crippen molar-refractivity contribution in [2.24, 2.45) is 0 Å². The lowest BCUT2D eigenvalue weighted by Crippen LogP contribution is -2.60. The second-order valence-corrected chi connectivity index (χ2v) is 10.6. The molecule has 0 aromatic heterocycles. The van der Waals surface area contributed by atoms with Crippen molar-refractivity contribution in [3.05, 3.63) is 87.0 Å². The van der Waals surface area contributed by atoms with Gasteiger partial charge in [0.15, 0.2) is 81.4 Å². The number of benzene rings is 3. The van der Waals surface area contributed by atoms with E-state index in [-0.39, 0.29) is 0 Å². The van der Waals surface area contributed by atoms with Crippen LogP contribution in [0.25, 0.3) is 0 Å². The van der Waals surface area contributed by atoms with Crippen molar-refractivity contribution >= 4 is 46.1 Å². The molecular weight excluding hydrogens is 588 g/mol. The van der Waals surface area contributed by atoms with Crippen molar-refractivity contribution in [1.29, 1.82) is 0 Å². The molecule has 0 spiro atoms. The Labute approximate surface area is 206 Å². The van der Waals surface area contributed by atoms with Crippen LogP contribution in [-0.2, 0) is 0 Å². The van der Waals surface area contributed by atoms with Crippen LogP contribution in [0.4, 0.5) is 61.5 Å². The van der Waals surface area contributed by atoms with E-state index >= 15 is 8.78 Å². The lowest BCUT2D eigenvalue weighted by atomic mass is 9.35. The molecule has 1 atom stereocenters. The second-order valence-electron chi connectivity index (χ2n) is 7.22. The smallest absolute Gasteiger partial charge is 0.204 e. The van der Waals surface area contributed by atoms with E-state index in [4.69, 9.17) is 0 Å². The van der Waals surface area contributed by atoms with Gasteiger partial charge in [-0.25, -0.2) is 61.5 Å². The summed E-state index contributed by atoms with van der Waals surface area (Å²) in [6.45, 7) is -3.86. The monoisotopic (exact) mass is 592 g/mol. The zero-order valence-corrected chi connectivity index (χ0v) is 19.8. The fourth-order valence-corrected chi connectivity index (χ4v) is 3.84. The van der Waals surface area contributed by atoms with Gasteiger partial charge in [-0.05, 0) is 0 Å². The van der Waals surface area contributed by atoms with Crippen molar-refractivity contribution in [2.45, 2.75) is 0 Å². The summed E-state index contributed by atoms with van der Waals surface area (Å²) in [5.74, 6) is -38.4. The lowest BCUT2D eigenvalue weighted by molar-refractivity contribution is 0.382. The van der Waals surface area contributed by atoms with Gasteiger partial charge in [0, 0.05) is 16.4 Å². The van der Waals surface area contributed by atoms with Gasteiger partial charge in [0.05, 0.1) is 0 Å². The molecule has 0 radical (unpaired) electrons. The van der Waals surface area contributed by atoms with E-state index in [1.54, 1.807) is 5.92 Å². The molecule has 0 heterocycles. The predicted molar refractivity (Wildman–Crippen MR) is 113 cm³/mol. The van der Waals surface area contributed by atoms with E-state index in [1.807, 2.05) is 8.79 Å². The zero-order valence-electron chi connectivity index (χ0n) is 17.7. The molecule has 0 bridgehead atoms. The molecule has 0 aliphatic heterocycles. The van der Waals surface area contributed by atoms with Crippen molar-refractivity contribution < 1.29 is 61.5 Å². The minimum atomic E-state index is -3.86. The quantitative estimate of drug-likeness (QED) is 0.108. The van der Waals surface area contributed by atoms with Crippen LogP contribution in [0.5, 0.6) is 0 Å². The Hall–Kier alpha value is -3.18. The van der Waals surface area contributed by atoms with Crippen LogP contribution in [0.1, 0.15) is 5.56 Å². The molecule has 0 nitrogen and oxygen atoms in total. The maximum atomic E-state index is 15.1. The molecule has 0 amide bonds. The van der Waals surface area contributed by atoms with Crippen LogP contribution < -0.4 is 16.4 Å². The van der Waals surface area contributed by atoms with E-state index in [0.717, 1.165) is 0 Å². The van der Waals surface area contributed by atoms with Gasteiger partial charge in [0.25, 0.3) is 6.71 Å². The minimum absolute atomic E-state index is 1.65. The SMILES string of the molecule is C=[Si](P)C#Cc1c(F)c(F)c(B(c2c(F)c(F)c(F)c(F)c2F)c2c(F)c(F)c(F)c(F)c2F)c(F)c1F. The number of hydrogen-bond donors (Lipinski definition) is 0. The molecule has 17 heteroatoms. The minimum Gasteiger partial charge on any atom is -0.204 e. The van der Waals surface area contributed by atoms with Crippen molar-refractivity contribution in [3.8, 4) is 11.5 Å². The summed E-state index contributed by atoms with van der Waals surface area (Å²) in [4.78, 5) is 0. The van der Waals surface area contributed by atoms with E-state index in [0.29, 0.717) is 0 Å². The molecule has 1 unspecified atom stereocenters. The molecule has 0 fully saturated rings. The summed E-state index contributed by atoms with van der Waals surface area (Å²) in [7, 11) is 0.0403. The average molecular weight is 592 g/mol. The normalized spacial score (nSPS) is 10.9. The van der Waals surface area contributed by atoms with Gasteiger partial charge in [-0.3, -0.25) is 0 Å². The zero-order chi connectivity index (χ0) is 29.0. The maximum Gasteiger partial charge on any atom is 0.265 e.